The Morgan fingerprint density at radius 1 is 1.50 bits per heavy atom. The van der Waals surface area contributed by atoms with Crippen LogP contribution in [0, 0.1) is 0 Å². The minimum absolute atomic E-state index is 0.452. The summed E-state index contributed by atoms with van der Waals surface area (Å²) in [5.41, 5.74) is 4.29. The van der Waals surface area contributed by atoms with Gasteiger partial charge in [0.25, 0.3) is 0 Å². The Hall–Kier alpha value is -1.31. The normalized spacial score (nSPS) is 10.6. The van der Waals surface area contributed by atoms with Crippen molar-refractivity contribution < 1.29 is 0 Å². The van der Waals surface area contributed by atoms with E-state index in [-0.39, 0.29) is 0 Å². The first-order chi connectivity index (χ1) is 6.49. The zero-order valence-corrected chi connectivity index (χ0v) is 9.46. The van der Waals surface area contributed by atoms with Gasteiger partial charge in [-0.3, -0.25) is 4.68 Å². The third-order valence-corrected chi connectivity index (χ3v) is 2.28. The molecule has 0 aliphatic carbocycles. The van der Waals surface area contributed by atoms with Gasteiger partial charge in [-0.25, -0.2) is 0 Å². The zero-order valence-electron chi connectivity index (χ0n) is 9.46. The number of hydrogen-bond acceptors (Lipinski definition) is 1. The molecule has 2 heteroatoms. The van der Waals surface area contributed by atoms with Crippen molar-refractivity contribution in [3.05, 3.63) is 30.1 Å². The Morgan fingerprint density at radius 3 is 2.43 bits per heavy atom. The summed E-state index contributed by atoms with van der Waals surface area (Å²) in [6.45, 7) is 14.0. The predicted molar refractivity (Wildman–Crippen MR) is 62.1 cm³/mol. The number of aryl methyl sites for hydroxylation is 1. The van der Waals surface area contributed by atoms with Gasteiger partial charge in [0.05, 0.1) is 5.69 Å². The number of hydrogen-bond donors (Lipinski definition) is 0. The van der Waals surface area contributed by atoms with Crippen LogP contribution in [0.4, 0.5) is 0 Å². The number of aromatic nitrogens is 2. The van der Waals surface area contributed by atoms with Gasteiger partial charge < -0.3 is 0 Å². The molecule has 0 bridgehead atoms. The Bertz CT molecular complexity index is 370. The van der Waals surface area contributed by atoms with Crippen molar-refractivity contribution in [3.63, 3.8) is 0 Å². The maximum absolute atomic E-state index is 4.45. The summed E-state index contributed by atoms with van der Waals surface area (Å²) in [6, 6.07) is 0. The van der Waals surface area contributed by atoms with E-state index in [1.165, 1.54) is 5.69 Å². The largest absolute Gasteiger partial charge is 0.271 e. The SMILES string of the molecule is C=Cc1c(C(=C)C)nn(C)c1C(C)C. The highest BCUT2D eigenvalue weighted by Gasteiger charge is 2.15. The Labute approximate surface area is 85.9 Å². The van der Waals surface area contributed by atoms with Crippen LogP contribution >= 0.6 is 0 Å². The lowest BCUT2D eigenvalue weighted by Gasteiger charge is -2.06. The van der Waals surface area contributed by atoms with E-state index in [2.05, 4.69) is 32.1 Å². The van der Waals surface area contributed by atoms with E-state index in [1.807, 2.05) is 24.7 Å². The van der Waals surface area contributed by atoms with Crippen LogP contribution in [-0.2, 0) is 7.05 Å². The van der Waals surface area contributed by atoms with Gasteiger partial charge in [0.2, 0.25) is 0 Å². The van der Waals surface area contributed by atoms with Crippen molar-refractivity contribution in [2.75, 3.05) is 0 Å². The van der Waals surface area contributed by atoms with E-state index in [0.29, 0.717) is 5.92 Å². The topological polar surface area (TPSA) is 17.8 Å². The smallest absolute Gasteiger partial charge is 0.0949 e. The molecule has 0 N–H and O–H groups in total. The summed E-state index contributed by atoms with van der Waals surface area (Å²) in [5, 5.41) is 4.45. The molecule has 0 aliphatic heterocycles. The molecule has 2 nitrogen and oxygen atoms in total. The molecule has 76 valence electrons. The van der Waals surface area contributed by atoms with E-state index in [9.17, 15) is 0 Å². The van der Waals surface area contributed by atoms with Gasteiger partial charge in [-0.2, -0.15) is 5.10 Å². The molecule has 0 amide bonds. The van der Waals surface area contributed by atoms with Crippen molar-refractivity contribution in [1.29, 1.82) is 0 Å². The van der Waals surface area contributed by atoms with Gasteiger partial charge in [-0.05, 0) is 18.4 Å². The second-order valence-corrected chi connectivity index (χ2v) is 3.91. The molecule has 1 rings (SSSR count). The molecule has 0 aliphatic rings. The molecular formula is C12H18N2. The average Bonchev–Trinajstić information content (AvgIpc) is 2.41. The molecule has 14 heavy (non-hydrogen) atoms. The lowest BCUT2D eigenvalue weighted by molar-refractivity contribution is 0.667. The fourth-order valence-electron chi connectivity index (χ4n) is 1.75. The third kappa shape index (κ3) is 1.65. The second kappa shape index (κ2) is 3.82. The molecule has 0 unspecified atom stereocenters. The molecule has 1 aromatic heterocycles. The molecule has 0 saturated carbocycles. The minimum atomic E-state index is 0.452. The molecule has 0 fully saturated rings. The average molecular weight is 190 g/mol. The summed E-state index contributed by atoms with van der Waals surface area (Å²) >= 11 is 0. The molecule has 0 radical (unpaired) electrons. The maximum Gasteiger partial charge on any atom is 0.0949 e. The van der Waals surface area contributed by atoms with Gasteiger partial charge in [0, 0.05) is 18.3 Å². The lowest BCUT2D eigenvalue weighted by Crippen LogP contribution is -2.00. The van der Waals surface area contributed by atoms with Gasteiger partial charge in [0.15, 0.2) is 0 Å². The van der Waals surface area contributed by atoms with Crippen molar-refractivity contribution in [2.24, 2.45) is 7.05 Å². The van der Waals surface area contributed by atoms with Crippen LogP contribution in [0.15, 0.2) is 13.2 Å². The van der Waals surface area contributed by atoms with E-state index >= 15 is 0 Å². The molecule has 0 saturated heterocycles. The first kappa shape index (κ1) is 10.8. The number of rotatable bonds is 3. The summed E-state index contributed by atoms with van der Waals surface area (Å²) in [4.78, 5) is 0. The van der Waals surface area contributed by atoms with Crippen LogP contribution in [0.1, 0.15) is 43.6 Å². The Kier molecular flexibility index (Phi) is 2.94. The summed E-state index contributed by atoms with van der Waals surface area (Å²) in [5.74, 6) is 0.452. The fourth-order valence-corrected chi connectivity index (χ4v) is 1.75. The molecule has 0 aromatic carbocycles. The quantitative estimate of drug-likeness (QED) is 0.715. The van der Waals surface area contributed by atoms with Gasteiger partial charge in [-0.15, -0.1) is 0 Å². The number of nitrogens with zero attached hydrogens (tertiary/aromatic N) is 2. The summed E-state index contributed by atoms with van der Waals surface area (Å²) in [6.07, 6.45) is 1.87. The second-order valence-electron chi connectivity index (χ2n) is 3.91. The summed E-state index contributed by atoms with van der Waals surface area (Å²) in [7, 11) is 1.97. The monoisotopic (exact) mass is 190 g/mol. The van der Waals surface area contributed by atoms with Crippen LogP contribution < -0.4 is 0 Å². The van der Waals surface area contributed by atoms with E-state index < -0.39 is 0 Å². The molecule has 1 aromatic rings. The van der Waals surface area contributed by atoms with Crippen molar-refractivity contribution in [2.45, 2.75) is 26.7 Å². The zero-order chi connectivity index (χ0) is 10.9. The molecule has 0 spiro atoms. The van der Waals surface area contributed by atoms with Crippen LogP contribution in [0.5, 0.6) is 0 Å². The van der Waals surface area contributed by atoms with Crippen molar-refractivity contribution in [1.82, 2.24) is 9.78 Å². The highest BCUT2D eigenvalue weighted by atomic mass is 15.3. The molecule has 1 heterocycles. The third-order valence-electron chi connectivity index (χ3n) is 2.28. The van der Waals surface area contributed by atoms with Crippen molar-refractivity contribution >= 4 is 11.6 Å². The lowest BCUT2D eigenvalue weighted by atomic mass is 10.0. The Morgan fingerprint density at radius 2 is 2.07 bits per heavy atom. The maximum atomic E-state index is 4.45. The molecular weight excluding hydrogens is 172 g/mol. The van der Waals surface area contributed by atoms with Crippen LogP contribution in [0.25, 0.3) is 11.6 Å². The fraction of sp³-hybridized carbons (Fsp3) is 0.417. The highest BCUT2D eigenvalue weighted by molar-refractivity contribution is 5.70. The standard InChI is InChI=1S/C12H18N2/c1-7-10-11(8(2)3)13-14(6)12(10)9(4)5/h7,9H,1-2H2,3-6H3. The first-order valence-electron chi connectivity index (χ1n) is 4.84. The predicted octanol–water partition coefficient (Wildman–Crippen LogP) is 3.22. The van der Waals surface area contributed by atoms with Crippen molar-refractivity contribution in [3.8, 4) is 0 Å². The first-order valence-corrected chi connectivity index (χ1v) is 4.84. The highest BCUT2D eigenvalue weighted by Crippen LogP contribution is 2.26. The summed E-state index contributed by atoms with van der Waals surface area (Å²) < 4.78 is 1.92. The van der Waals surface area contributed by atoms with E-state index in [0.717, 1.165) is 16.8 Å². The van der Waals surface area contributed by atoms with Gasteiger partial charge in [0.1, 0.15) is 0 Å². The van der Waals surface area contributed by atoms with E-state index in [1.54, 1.807) is 0 Å². The molecule has 0 atom stereocenters. The minimum Gasteiger partial charge on any atom is -0.271 e. The van der Waals surface area contributed by atoms with Gasteiger partial charge in [-0.1, -0.05) is 33.1 Å². The Balaban J connectivity index is 3.43. The van der Waals surface area contributed by atoms with Gasteiger partial charge >= 0.3 is 0 Å². The van der Waals surface area contributed by atoms with Crippen LogP contribution in [0.2, 0.25) is 0 Å². The van der Waals surface area contributed by atoms with Crippen LogP contribution in [0.3, 0.4) is 0 Å². The van der Waals surface area contributed by atoms with E-state index in [4.69, 9.17) is 0 Å². The number of allylic oxidation sites excluding steroid dienone is 1. The van der Waals surface area contributed by atoms with Crippen LogP contribution in [-0.4, -0.2) is 9.78 Å².